The molecule has 1 atom stereocenters. The van der Waals surface area contributed by atoms with Gasteiger partial charge in [-0.3, -0.25) is 0 Å². The highest BCUT2D eigenvalue weighted by atomic mass is 16.5. The minimum atomic E-state index is 0.421. The molecule has 1 unspecified atom stereocenters. The normalized spacial score (nSPS) is 20.2. The van der Waals surface area contributed by atoms with E-state index < -0.39 is 0 Å². The highest BCUT2D eigenvalue weighted by Gasteiger charge is 2.14. The average molecular weight is 208 g/mol. The Labute approximate surface area is 89.6 Å². The van der Waals surface area contributed by atoms with Gasteiger partial charge >= 0.3 is 0 Å². The lowest BCUT2D eigenvalue weighted by Crippen LogP contribution is -2.18. The molecule has 4 heteroatoms. The van der Waals surface area contributed by atoms with Gasteiger partial charge in [0.25, 0.3) is 0 Å². The zero-order valence-corrected chi connectivity index (χ0v) is 8.90. The number of pyridine rings is 1. The fourth-order valence-corrected chi connectivity index (χ4v) is 1.58. The van der Waals surface area contributed by atoms with Gasteiger partial charge in [0.05, 0.1) is 31.1 Å². The Kier molecular flexibility index (Phi) is 3.40. The smallest absolute Gasteiger partial charge is 0.213 e. The number of hydrogen-bond donors (Lipinski definition) is 1. The molecule has 1 aromatic rings. The highest BCUT2D eigenvalue weighted by molar-refractivity contribution is 5.43. The molecule has 1 N–H and O–H groups in total. The molecule has 82 valence electrons. The molecule has 0 spiro atoms. The molecular weight excluding hydrogens is 192 g/mol. The first kappa shape index (κ1) is 10.2. The van der Waals surface area contributed by atoms with E-state index in [9.17, 15) is 0 Å². The third-order valence-corrected chi connectivity index (χ3v) is 2.33. The van der Waals surface area contributed by atoms with Crippen molar-refractivity contribution in [2.24, 2.45) is 0 Å². The Hall–Kier alpha value is -1.29. The zero-order chi connectivity index (χ0) is 10.5. The van der Waals surface area contributed by atoms with Crippen molar-refractivity contribution in [2.45, 2.75) is 19.4 Å². The van der Waals surface area contributed by atoms with Gasteiger partial charge < -0.3 is 14.8 Å². The minimum absolute atomic E-state index is 0.421. The molecule has 0 bridgehead atoms. The minimum Gasteiger partial charge on any atom is -0.478 e. The van der Waals surface area contributed by atoms with E-state index in [1.165, 1.54) is 0 Å². The van der Waals surface area contributed by atoms with Crippen molar-refractivity contribution in [3.63, 3.8) is 0 Å². The van der Waals surface area contributed by atoms with Gasteiger partial charge in [0.15, 0.2) is 0 Å². The van der Waals surface area contributed by atoms with Gasteiger partial charge in [-0.1, -0.05) is 0 Å². The van der Waals surface area contributed by atoms with Gasteiger partial charge in [-0.2, -0.15) is 0 Å². The molecule has 15 heavy (non-hydrogen) atoms. The molecule has 1 fully saturated rings. The lowest BCUT2D eigenvalue weighted by atomic mass is 10.2. The van der Waals surface area contributed by atoms with Crippen LogP contribution in [0.25, 0.3) is 0 Å². The van der Waals surface area contributed by atoms with Crippen molar-refractivity contribution in [1.29, 1.82) is 0 Å². The molecule has 4 nitrogen and oxygen atoms in total. The van der Waals surface area contributed by atoms with Crippen LogP contribution in [-0.4, -0.2) is 30.8 Å². The third kappa shape index (κ3) is 2.83. The van der Waals surface area contributed by atoms with E-state index in [2.05, 4.69) is 10.3 Å². The van der Waals surface area contributed by atoms with E-state index >= 15 is 0 Å². The lowest BCUT2D eigenvalue weighted by molar-refractivity contribution is 0.195. The molecule has 2 rings (SSSR count). The largest absolute Gasteiger partial charge is 0.478 e. The van der Waals surface area contributed by atoms with E-state index in [0.29, 0.717) is 18.5 Å². The summed E-state index contributed by atoms with van der Waals surface area (Å²) >= 11 is 0. The van der Waals surface area contributed by atoms with E-state index in [0.717, 1.165) is 25.3 Å². The first-order valence-electron chi connectivity index (χ1n) is 5.31. The Morgan fingerprint density at radius 2 is 2.53 bits per heavy atom. The number of aromatic nitrogens is 1. The van der Waals surface area contributed by atoms with E-state index in [4.69, 9.17) is 9.47 Å². The second kappa shape index (κ2) is 4.98. The summed E-state index contributed by atoms with van der Waals surface area (Å²) in [5, 5.41) is 3.37. The first-order valence-corrected chi connectivity index (χ1v) is 5.31. The summed E-state index contributed by atoms with van der Waals surface area (Å²) in [7, 11) is 0. The fraction of sp³-hybridized carbons (Fsp3) is 0.545. The molecular formula is C11H16N2O2. The molecule has 1 aliphatic rings. The van der Waals surface area contributed by atoms with Crippen LogP contribution in [0, 0.1) is 0 Å². The van der Waals surface area contributed by atoms with Gasteiger partial charge in [-0.05, 0) is 19.4 Å². The molecule has 0 saturated carbocycles. The van der Waals surface area contributed by atoms with Crippen LogP contribution in [-0.2, 0) is 4.74 Å². The molecule has 0 radical (unpaired) electrons. The van der Waals surface area contributed by atoms with Crippen LogP contribution in [0.1, 0.15) is 13.3 Å². The van der Waals surface area contributed by atoms with Gasteiger partial charge in [-0.15, -0.1) is 0 Å². The van der Waals surface area contributed by atoms with Gasteiger partial charge in [0, 0.05) is 12.7 Å². The second-order valence-corrected chi connectivity index (χ2v) is 3.52. The molecule has 0 aromatic carbocycles. The van der Waals surface area contributed by atoms with Crippen molar-refractivity contribution >= 4 is 5.69 Å². The molecule has 1 aromatic heterocycles. The SMILES string of the molecule is CCOc1ccc(NC2CCOC2)cn1. The predicted molar refractivity (Wildman–Crippen MR) is 58.3 cm³/mol. The van der Waals surface area contributed by atoms with Crippen LogP contribution in [0.4, 0.5) is 5.69 Å². The number of nitrogens with one attached hydrogen (secondary N) is 1. The van der Waals surface area contributed by atoms with Crippen molar-refractivity contribution in [3.8, 4) is 5.88 Å². The summed E-state index contributed by atoms with van der Waals surface area (Å²) < 4.78 is 10.6. The quantitative estimate of drug-likeness (QED) is 0.817. The number of nitrogens with zero attached hydrogens (tertiary/aromatic N) is 1. The molecule has 0 amide bonds. The maximum Gasteiger partial charge on any atom is 0.213 e. The molecule has 1 saturated heterocycles. The number of anilines is 1. The maximum absolute atomic E-state index is 5.28. The Morgan fingerprint density at radius 3 is 3.13 bits per heavy atom. The number of rotatable bonds is 4. The van der Waals surface area contributed by atoms with Crippen molar-refractivity contribution in [2.75, 3.05) is 25.1 Å². The summed E-state index contributed by atoms with van der Waals surface area (Å²) in [5.41, 5.74) is 1.02. The van der Waals surface area contributed by atoms with Crippen LogP contribution in [0.3, 0.4) is 0 Å². The topological polar surface area (TPSA) is 43.4 Å². The average Bonchev–Trinajstić information content (AvgIpc) is 2.74. The van der Waals surface area contributed by atoms with Crippen LogP contribution in [0.5, 0.6) is 5.88 Å². The third-order valence-electron chi connectivity index (χ3n) is 2.33. The highest BCUT2D eigenvalue weighted by Crippen LogP contribution is 2.15. The molecule has 0 aliphatic carbocycles. The van der Waals surface area contributed by atoms with E-state index in [-0.39, 0.29) is 0 Å². The maximum atomic E-state index is 5.28. The van der Waals surface area contributed by atoms with E-state index in [1.807, 2.05) is 19.1 Å². The molecule has 1 aliphatic heterocycles. The van der Waals surface area contributed by atoms with Crippen molar-refractivity contribution in [3.05, 3.63) is 18.3 Å². The summed E-state index contributed by atoms with van der Waals surface area (Å²) in [5.74, 6) is 0.672. The fourth-order valence-electron chi connectivity index (χ4n) is 1.58. The summed E-state index contributed by atoms with van der Waals surface area (Å²) in [6.07, 6.45) is 2.86. The molecule has 2 heterocycles. The summed E-state index contributed by atoms with van der Waals surface area (Å²) in [6, 6.07) is 4.28. The predicted octanol–water partition coefficient (Wildman–Crippen LogP) is 1.68. The van der Waals surface area contributed by atoms with Gasteiger partial charge in [-0.25, -0.2) is 4.98 Å². The standard InChI is InChI=1S/C11H16N2O2/c1-2-15-11-4-3-9(7-12-11)13-10-5-6-14-8-10/h3-4,7,10,13H,2,5-6,8H2,1H3. The van der Waals surface area contributed by atoms with Crippen molar-refractivity contribution in [1.82, 2.24) is 4.98 Å². The lowest BCUT2D eigenvalue weighted by Gasteiger charge is -2.11. The Morgan fingerprint density at radius 1 is 1.60 bits per heavy atom. The Balaban J connectivity index is 1.91. The number of hydrogen-bond acceptors (Lipinski definition) is 4. The summed E-state index contributed by atoms with van der Waals surface area (Å²) in [4.78, 5) is 4.18. The summed E-state index contributed by atoms with van der Waals surface area (Å²) in [6.45, 7) is 4.23. The van der Waals surface area contributed by atoms with Gasteiger partial charge in [0.1, 0.15) is 0 Å². The van der Waals surface area contributed by atoms with Crippen LogP contribution in [0.15, 0.2) is 18.3 Å². The second-order valence-electron chi connectivity index (χ2n) is 3.52. The van der Waals surface area contributed by atoms with Crippen LogP contribution < -0.4 is 10.1 Å². The van der Waals surface area contributed by atoms with Gasteiger partial charge in [0.2, 0.25) is 5.88 Å². The van der Waals surface area contributed by atoms with Crippen molar-refractivity contribution < 1.29 is 9.47 Å². The monoisotopic (exact) mass is 208 g/mol. The van der Waals surface area contributed by atoms with E-state index in [1.54, 1.807) is 6.20 Å². The van der Waals surface area contributed by atoms with Crippen LogP contribution in [0.2, 0.25) is 0 Å². The zero-order valence-electron chi connectivity index (χ0n) is 8.90. The first-order chi connectivity index (χ1) is 7.38. The Bertz CT molecular complexity index is 294. The van der Waals surface area contributed by atoms with Crippen LogP contribution >= 0.6 is 0 Å². The number of ether oxygens (including phenoxy) is 2.